The number of nitrogens with one attached hydrogen (secondary N) is 2. The molecule has 1 aromatic heterocycles. The molecule has 0 saturated heterocycles. The van der Waals surface area contributed by atoms with Gasteiger partial charge in [0.05, 0.1) is 5.56 Å². The highest BCUT2D eigenvalue weighted by Gasteiger charge is 2.08. The zero-order valence-corrected chi connectivity index (χ0v) is 14.8. The molecule has 0 spiro atoms. The fourth-order valence-electron chi connectivity index (χ4n) is 2.43. The Morgan fingerprint density at radius 1 is 1.15 bits per heavy atom. The minimum Gasteiger partial charge on any atom is -0.348 e. The highest BCUT2D eigenvalue weighted by Crippen LogP contribution is 2.22. The van der Waals surface area contributed by atoms with Crippen molar-refractivity contribution in [2.24, 2.45) is 0 Å². The lowest BCUT2D eigenvalue weighted by atomic mass is 10.2. The predicted molar refractivity (Wildman–Crippen MR) is 101 cm³/mol. The second-order valence-electron chi connectivity index (χ2n) is 5.79. The van der Waals surface area contributed by atoms with Crippen LogP contribution in [0.3, 0.4) is 0 Å². The number of hydrogen-bond donors (Lipinski definition) is 2. The van der Waals surface area contributed by atoms with Crippen LogP contribution in [0, 0.1) is 12.7 Å². The Kier molecular flexibility index (Phi) is 5.49. The molecule has 0 aliphatic carbocycles. The molecule has 132 valence electrons. The molecule has 0 aliphatic heterocycles. The predicted octanol–water partition coefficient (Wildman–Crippen LogP) is 4.86. The van der Waals surface area contributed by atoms with E-state index in [1.807, 2.05) is 19.1 Å². The van der Waals surface area contributed by atoms with Gasteiger partial charge in [-0.3, -0.25) is 4.79 Å². The van der Waals surface area contributed by atoms with Crippen molar-refractivity contribution in [2.75, 3.05) is 5.32 Å². The van der Waals surface area contributed by atoms with Crippen molar-refractivity contribution in [1.29, 1.82) is 0 Å². The fraction of sp³-hybridized carbons (Fsp3) is 0.100. The van der Waals surface area contributed by atoms with Crippen molar-refractivity contribution in [3.63, 3.8) is 0 Å². The smallest absolute Gasteiger partial charge is 0.253 e. The Hall–Kier alpha value is -2.92. The Morgan fingerprint density at radius 3 is 2.65 bits per heavy atom. The van der Waals surface area contributed by atoms with Crippen molar-refractivity contribution in [2.45, 2.75) is 13.5 Å². The molecule has 1 heterocycles. The van der Waals surface area contributed by atoms with E-state index >= 15 is 0 Å². The lowest BCUT2D eigenvalue weighted by molar-refractivity contribution is 0.0950. The number of amides is 1. The molecule has 26 heavy (non-hydrogen) atoms. The zero-order chi connectivity index (χ0) is 18.5. The van der Waals surface area contributed by atoms with E-state index in [4.69, 9.17) is 11.6 Å². The Balaban J connectivity index is 1.63. The number of benzene rings is 2. The molecule has 0 saturated carbocycles. The van der Waals surface area contributed by atoms with Crippen molar-refractivity contribution in [1.82, 2.24) is 10.3 Å². The second kappa shape index (κ2) is 7.97. The third-order valence-corrected chi connectivity index (χ3v) is 4.11. The molecule has 1 amide bonds. The number of pyridine rings is 1. The van der Waals surface area contributed by atoms with Gasteiger partial charge in [0.2, 0.25) is 0 Å². The molecule has 0 unspecified atom stereocenters. The molecule has 2 aromatic carbocycles. The molecular formula is C20H17ClFN3O. The monoisotopic (exact) mass is 369 g/mol. The maximum atomic E-state index is 13.6. The van der Waals surface area contributed by atoms with E-state index in [0.717, 1.165) is 11.3 Å². The Bertz CT molecular complexity index is 929. The molecule has 0 fully saturated rings. The molecule has 3 rings (SSSR count). The molecule has 0 aliphatic rings. The lowest BCUT2D eigenvalue weighted by Crippen LogP contribution is -2.23. The first kappa shape index (κ1) is 17.9. The topological polar surface area (TPSA) is 54.0 Å². The molecule has 2 N–H and O–H groups in total. The number of aryl methyl sites for hydroxylation is 1. The third kappa shape index (κ3) is 4.37. The normalized spacial score (nSPS) is 10.4. The van der Waals surface area contributed by atoms with Gasteiger partial charge in [-0.1, -0.05) is 29.8 Å². The van der Waals surface area contributed by atoms with Gasteiger partial charge in [0.25, 0.3) is 5.91 Å². The van der Waals surface area contributed by atoms with Crippen LogP contribution >= 0.6 is 11.6 Å². The summed E-state index contributed by atoms with van der Waals surface area (Å²) < 4.78 is 13.6. The number of carbonyl (C=O) groups excluding carboxylic acids is 1. The lowest BCUT2D eigenvalue weighted by Gasteiger charge is -2.10. The number of hydrogen-bond acceptors (Lipinski definition) is 3. The average Bonchev–Trinajstić information content (AvgIpc) is 2.64. The van der Waals surface area contributed by atoms with Gasteiger partial charge in [-0.25, -0.2) is 9.37 Å². The van der Waals surface area contributed by atoms with Crippen molar-refractivity contribution in [3.05, 3.63) is 88.3 Å². The minimum absolute atomic E-state index is 0.121. The summed E-state index contributed by atoms with van der Waals surface area (Å²) in [5, 5.41) is 6.54. The first-order chi connectivity index (χ1) is 12.5. The van der Waals surface area contributed by atoms with Gasteiger partial charge in [0, 0.05) is 29.0 Å². The van der Waals surface area contributed by atoms with Crippen LogP contribution in [0.5, 0.6) is 0 Å². The van der Waals surface area contributed by atoms with Gasteiger partial charge in [0.15, 0.2) is 0 Å². The van der Waals surface area contributed by atoms with Crippen LogP contribution in [0.2, 0.25) is 5.02 Å². The second-order valence-corrected chi connectivity index (χ2v) is 6.23. The average molecular weight is 370 g/mol. The van der Waals surface area contributed by atoms with Crippen LogP contribution in [-0.4, -0.2) is 10.9 Å². The summed E-state index contributed by atoms with van der Waals surface area (Å²) in [4.78, 5) is 16.4. The highest BCUT2D eigenvalue weighted by molar-refractivity contribution is 6.30. The van der Waals surface area contributed by atoms with Gasteiger partial charge in [0.1, 0.15) is 11.6 Å². The quantitative estimate of drug-likeness (QED) is 0.675. The van der Waals surface area contributed by atoms with Crippen molar-refractivity contribution < 1.29 is 9.18 Å². The summed E-state index contributed by atoms with van der Waals surface area (Å²) in [7, 11) is 0. The van der Waals surface area contributed by atoms with E-state index in [1.54, 1.807) is 36.4 Å². The van der Waals surface area contributed by atoms with Crippen LogP contribution in [-0.2, 0) is 6.54 Å². The molecule has 0 atom stereocenters. The first-order valence-corrected chi connectivity index (χ1v) is 8.41. The van der Waals surface area contributed by atoms with Gasteiger partial charge in [-0.05, 0) is 48.9 Å². The molecule has 3 aromatic rings. The third-order valence-electron chi connectivity index (χ3n) is 3.87. The molecule has 6 heteroatoms. The van der Waals surface area contributed by atoms with Gasteiger partial charge < -0.3 is 10.6 Å². The number of nitrogens with zero attached hydrogens (tertiary/aromatic N) is 1. The van der Waals surface area contributed by atoms with E-state index in [0.29, 0.717) is 22.0 Å². The fourth-order valence-corrected chi connectivity index (χ4v) is 2.65. The van der Waals surface area contributed by atoms with E-state index in [1.165, 1.54) is 12.3 Å². The van der Waals surface area contributed by atoms with Crippen LogP contribution in [0.15, 0.2) is 60.8 Å². The number of rotatable bonds is 5. The van der Waals surface area contributed by atoms with Crippen LogP contribution in [0.1, 0.15) is 21.5 Å². The van der Waals surface area contributed by atoms with Gasteiger partial charge in [-0.2, -0.15) is 0 Å². The largest absolute Gasteiger partial charge is 0.348 e. The standard InChI is InChI=1S/C20H17ClFN3O/c1-13-10-16(21)7-8-18(13)25-19-9-6-15(12-23-19)20(26)24-11-14-4-2-3-5-17(14)22/h2-10,12H,11H2,1H3,(H,23,25)(H,24,26). The van der Waals surface area contributed by atoms with Gasteiger partial charge in [-0.15, -0.1) is 0 Å². The SMILES string of the molecule is Cc1cc(Cl)ccc1Nc1ccc(C(=O)NCc2ccccc2F)cn1. The van der Waals surface area contributed by atoms with Gasteiger partial charge >= 0.3 is 0 Å². The Morgan fingerprint density at radius 2 is 1.96 bits per heavy atom. The molecule has 0 radical (unpaired) electrons. The summed E-state index contributed by atoms with van der Waals surface area (Å²) in [5.41, 5.74) is 2.72. The summed E-state index contributed by atoms with van der Waals surface area (Å²) in [6, 6.07) is 15.2. The van der Waals surface area contributed by atoms with Crippen molar-refractivity contribution in [3.8, 4) is 0 Å². The summed E-state index contributed by atoms with van der Waals surface area (Å²) in [5.74, 6) is -0.0418. The number of aromatic nitrogens is 1. The van der Waals surface area contributed by atoms with E-state index < -0.39 is 0 Å². The maximum absolute atomic E-state index is 13.6. The van der Waals surface area contributed by atoms with Crippen molar-refractivity contribution >= 4 is 29.0 Å². The first-order valence-electron chi connectivity index (χ1n) is 8.04. The maximum Gasteiger partial charge on any atom is 0.253 e. The number of halogens is 2. The summed E-state index contributed by atoms with van der Waals surface area (Å²) >= 11 is 5.95. The van der Waals surface area contributed by atoms with E-state index in [9.17, 15) is 9.18 Å². The summed E-state index contributed by atoms with van der Waals surface area (Å²) in [6.07, 6.45) is 1.48. The van der Waals surface area contributed by atoms with E-state index in [2.05, 4.69) is 15.6 Å². The van der Waals surface area contributed by atoms with Crippen LogP contribution in [0.4, 0.5) is 15.9 Å². The number of anilines is 2. The minimum atomic E-state index is -0.344. The highest BCUT2D eigenvalue weighted by atomic mass is 35.5. The number of carbonyl (C=O) groups is 1. The Labute approximate surface area is 156 Å². The van der Waals surface area contributed by atoms with Crippen LogP contribution in [0.25, 0.3) is 0 Å². The van der Waals surface area contributed by atoms with E-state index in [-0.39, 0.29) is 18.3 Å². The summed E-state index contributed by atoms with van der Waals surface area (Å²) in [6.45, 7) is 2.06. The van der Waals surface area contributed by atoms with Crippen LogP contribution < -0.4 is 10.6 Å². The molecular weight excluding hydrogens is 353 g/mol. The molecule has 0 bridgehead atoms. The molecule has 4 nitrogen and oxygen atoms in total. The zero-order valence-electron chi connectivity index (χ0n) is 14.1.